The number of aromatic nitrogens is 3. The Bertz CT molecular complexity index is 838. The van der Waals surface area contributed by atoms with Crippen LogP contribution >= 0.6 is 15.9 Å². The number of anilines is 1. The number of fused-ring (bicyclic) bond motifs is 1. The minimum absolute atomic E-state index is 0.0375. The number of likely N-dealkylation sites (tertiary alicyclic amines) is 1. The highest BCUT2D eigenvalue weighted by molar-refractivity contribution is 9.10. The van der Waals surface area contributed by atoms with E-state index in [1.807, 2.05) is 6.92 Å². The summed E-state index contributed by atoms with van der Waals surface area (Å²) in [6, 6.07) is 1.67. The third-order valence-corrected chi connectivity index (χ3v) is 4.69. The smallest absolute Gasteiger partial charge is 0.407 e. The summed E-state index contributed by atoms with van der Waals surface area (Å²) in [5, 5.41) is 13.1. The number of hydrogen-bond donors (Lipinski definition) is 2. The lowest BCUT2D eigenvalue weighted by atomic mass is 10.1. The van der Waals surface area contributed by atoms with Gasteiger partial charge in [-0.1, -0.05) is 0 Å². The molecule has 9 heteroatoms. The molecule has 24 heavy (non-hydrogen) atoms. The number of amides is 1. The summed E-state index contributed by atoms with van der Waals surface area (Å²) in [6.45, 7) is 3.34. The lowest BCUT2D eigenvalue weighted by molar-refractivity contribution is 0.132. The van der Waals surface area contributed by atoms with E-state index in [2.05, 4.69) is 31.2 Å². The summed E-state index contributed by atoms with van der Waals surface area (Å²) in [6.07, 6.45) is 2.40. The Kier molecular flexibility index (Phi) is 4.70. The molecule has 1 fully saturated rings. The molecule has 3 rings (SSSR count). The van der Waals surface area contributed by atoms with Crippen molar-refractivity contribution in [2.75, 3.05) is 18.4 Å². The number of hydrogen-bond acceptors (Lipinski definition) is 5. The summed E-state index contributed by atoms with van der Waals surface area (Å²) in [5.74, 6) is 0.406. The summed E-state index contributed by atoms with van der Waals surface area (Å²) in [4.78, 5) is 33.4. The molecule has 0 aromatic carbocycles. The van der Waals surface area contributed by atoms with Crippen molar-refractivity contribution in [3.63, 3.8) is 0 Å². The molecular formula is C15H18BrN5O3. The normalized spacial score (nSPS) is 17.9. The van der Waals surface area contributed by atoms with E-state index in [1.54, 1.807) is 16.8 Å². The van der Waals surface area contributed by atoms with Gasteiger partial charge in [0.1, 0.15) is 5.65 Å². The Morgan fingerprint density at radius 3 is 3.04 bits per heavy atom. The van der Waals surface area contributed by atoms with Gasteiger partial charge in [-0.3, -0.25) is 9.36 Å². The Labute approximate surface area is 146 Å². The molecule has 1 aliphatic rings. The van der Waals surface area contributed by atoms with E-state index in [-0.39, 0.29) is 11.6 Å². The second-order valence-corrected chi connectivity index (χ2v) is 6.58. The maximum atomic E-state index is 12.2. The molecule has 1 aliphatic heterocycles. The van der Waals surface area contributed by atoms with Crippen molar-refractivity contribution in [2.24, 2.45) is 0 Å². The highest BCUT2D eigenvalue weighted by Crippen LogP contribution is 2.18. The highest BCUT2D eigenvalue weighted by atomic mass is 79.9. The number of pyridine rings is 1. The first-order chi connectivity index (χ1) is 11.5. The Balaban J connectivity index is 1.89. The second kappa shape index (κ2) is 6.76. The third kappa shape index (κ3) is 3.21. The SMILES string of the molecule is CCn1c(=O)c(Br)cc2cnc(N[C@H]3CCCN(C(=O)O)C3)nc21. The largest absolute Gasteiger partial charge is 0.465 e. The van der Waals surface area contributed by atoms with Crippen molar-refractivity contribution < 1.29 is 9.90 Å². The molecule has 1 atom stereocenters. The van der Waals surface area contributed by atoms with Crippen molar-refractivity contribution in [2.45, 2.75) is 32.4 Å². The first kappa shape index (κ1) is 16.7. The van der Waals surface area contributed by atoms with E-state index in [9.17, 15) is 9.59 Å². The van der Waals surface area contributed by atoms with Crippen LogP contribution in [0.15, 0.2) is 21.5 Å². The quantitative estimate of drug-likeness (QED) is 0.825. The van der Waals surface area contributed by atoms with E-state index in [0.29, 0.717) is 35.7 Å². The van der Waals surface area contributed by atoms with Gasteiger partial charge in [-0.15, -0.1) is 0 Å². The van der Waals surface area contributed by atoms with Gasteiger partial charge in [0, 0.05) is 37.3 Å². The van der Waals surface area contributed by atoms with Gasteiger partial charge in [0.05, 0.1) is 4.47 Å². The van der Waals surface area contributed by atoms with Crippen LogP contribution in [0, 0.1) is 0 Å². The fourth-order valence-electron chi connectivity index (χ4n) is 2.94. The van der Waals surface area contributed by atoms with Crippen LogP contribution in [0.3, 0.4) is 0 Å². The van der Waals surface area contributed by atoms with Gasteiger partial charge in [0.25, 0.3) is 5.56 Å². The zero-order valence-corrected chi connectivity index (χ0v) is 14.8. The minimum atomic E-state index is -0.911. The lowest BCUT2D eigenvalue weighted by Crippen LogP contribution is -2.44. The van der Waals surface area contributed by atoms with Gasteiger partial charge < -0.3 is 15.3 Å². The molecule has 2 N–H and O–H groups in total. The van der Waals surface area contributed by atoms with E-state index in [1.165, 1.54) is 4.90 Å². The molecule has 1 amide bonds. The number of carbonyl (C=O) groups is 1. The predicted molar refractivity (Wildman–Crippen MR) is 93.4 cm³/mol. The molecule has 128 valence electrons. The van der Waals surface area contributed by atoms with Crippen LogP contribution in [0.2, 0.25) is 0 Å². The number of aryl methyl sites for hydroxylation is 1. The predicted octanol–water partition coefficient (Wildman–Crippen LogP) is 2.13. The van der Waals surface area contributed by atoms with E-state index in [0.717, 1.165) is 18.2 Å². The van der Waals surface area contributed by atoms with Gasteiger partial charge in [0.2, 0.25) is 5.95 Å². The molecule has 0 aliphatic carbocycles. The fraction of sp³-hybridized carbons (Fsp3) is 0.467. The van der Waals surface area contributed by atoms with Crippen molar-refractivity contribution in [3.05, 3.63) is 27.1 Å². The van der Waals surface area contributed by atoms with Gasteiger partial charge in [0.15, 0.2) is 0 Å². The van der Waals surface area contributed by atoms with E-state index in [4.69, 9.17) is 5.11 Å². The van der Waals surface area contributed by atoms with Gasteiger partial charge in [-0.2, -0.15) is 4.98 Å². The number of piperidine rings is 1. The number of rotatable bonds is 3. The lowest BCUT2D eigenvalue weighted by Gasteiger charge is -2.31. The van der Waals surface area contributed by atoms with E-state index >= 15 is 0 Å². The van der Waals surface area contributed by atoms with Gasteiger partial charge >= 0.3 is 6.09 Å². The van der Waals surface area contributed by atoms with Gasteiger partial charge in [-0.05, 0) is 41.8 Å². The second-order valence-electron chi connectivity index (χ2n) is 5.73. The van der Waals surface area contributed by atoms with Crippen LogP contribution in [0.4, 0.5) is 10.7 Å². The maximum absolute atomic E-state index is 12.2. The average Bonchev–Trinajstić information content (AvgIpc) is 2.57. The highest BCUT2D eigenvalue weighted by Gasteiger charge is 2.23. The van der Waals surface area contributed by atoms with Crippen LogP contribution in [0.5, 0.6) is 0 Å². The zero-order chi connectivity index (χ0) is 17.3. The summed E-state index contributed by atoms with van der Waals surface area (Å²) < 4.78 is 2.06. The average molecular weight is 396 g/mol. The molecule has 1 saturated heterocycles. The molecule has 2 aromatic heterocycles. The van der Waals surface area contributed by atoms with Crippen LogP contribution in [0.1, 0.15) is 19.8 Å². The van der Waals surface area contributed by atoms with E-state index < -0.39 is 6.09 Å². The fourth-order valence-corrected chi connectivity index (χ4v) is 3.40. The molecule has 3 heterocycles. The molecule has 0 bridgehead atoms. The standard InChI is InChI=1S/C15H18BrN5O3/c1-2-21-12-9(6-11(16)13(21)22)7-17-14(19-12)18-10-4-3-5-20(8-10)15(23)24/h6-7,10H,2-5,8H2,1H3,(H,23,24)(H,17,18,19)/t10-/m0/s1. The summed E-state index contributed by atoms with van der Waals surface area (Å²) in [7, 11) is 0. The van der Waals surface area contributed by atoms with Crippen LogP contribution in [-0.2, 0) is 6.54 Å². The number of halogens is 1. The molecule has 2 aromatic rings. The Hall–Kier alpha value is -2.16. The Morgan fingerprint density at radius 2 is 2.33 bits per heavy atom. The molecule has 0 spiro atoms. The Morgan fingerprint density at radius 1 is 1.54 bits per heavy atom. The molecule has 0 saturated carbocycles. The maximum Gasteiger partial charge on any atom is 0.407 e. The zero-order valence-electron chi connectivity index (χ0n) is 13.2. The molecule has 8 nitrogen and oxygen atoms in total. The van der Waals surface area contributed by atoms with Crippen molar-refractivity contribution in [3.8, 4) is 0 Å². The number of nitrogens with zero attached hydrogens (tertiary/aromatic N) is 4. The topological polar surface area (TPSA) is 100 Å². The molecule has 0 radical (unpaired) electrons. The van der Waals surface area contributed by atoms with Crippen molar-refractivity contribution in [1.82, 2.24) is 19.4 Å². The van der Waals surface area contributed by atoms with Crippen LogP contribution in [-0.4, -0.2) is 49.8 Å². The first-order valence-corrected chi connectivity index (χ1v) is 8.59. The number of nitrogens with one attached hydrogen (secondary N) is 1. The molecule has 0 unspecified atom stereocenters. The van der Waals surface area contributed by atoms with Crippen LogP contribution in [0.25, 0.3) is 11.0 Å². The van der Waals surface area contributed by atoms with Crippen molar-refractivity contribution in [1.29, 1.82) is 0 Å². The minimum Gasteiger partial charge on any atom is -0.465 e. The van der Waals surface area contributed by atoms with Crippen LogP contribution < -0.4 is 10.9 Å². The monoisotopic (exact) mass is 395 g/mol. The summed E-state index contributed by atoms with van der Waals surface area (Å²) in [5.41, 5.74) is 0.429. The first-order valence-electron chi connectivity index (χ1n) is 7.80. The van der Waals surface area contributed by atoms with Crippen molar-refractivity contribution >= 4 is 39.0 Å². The summed E-state index contributed by atoms with van der Waals surface area (Å²) >= 11 is 3.26. The third-order valence-electron chi connectivity index (χ3n) is 4.12. The molecular weight excluding hydrogens is 378 g/mol. The number of carboxylic acid groups (broad SMARTS) is 1. The van der Waals surface area contributed by atoms with Gasteiger partial charge in [-0.25, -0.2) is 9.78 Å².